The van der Waals surface area contributed by atoms with Gasteiger partial charge in [0.05, 0.1) is 29.2 Å². The van der Waals surface area contributed by atoms with Crippen molar-refractivity contribution in [2.24, 2.45) is 0 Å². The third-order valence-electron chi connectivity index (χ3n) is 4.88. The minimum atomic E-state index is -5.08. The summed E-state index contributed by atoms with van der Waals surface area (Å²) >= 11 is 0. The van der Waals surface area contributed by atoms with Crippen LogP contribution in [-0.2, 0) is 19.6 Å². The van der Waals surface area contributed by atoms with Crippen LogP contribution in [0.5, 0.6) is 0 Å². The maximum Gasteiger partial charge on any atom is 0.490 e. The summed E-state index contributed by atoms with van der Waals surface area (Å²) in [5.41, 5.74) is 0.765. The SMILES string of the molecule is O=C(O)C(F)(F)F.O=C1C[C@@H]2[C@H](CCN2S(=O)(=O)C2CC2)N1c1cccnc1. The van der Waals surface area contributed by atoms with Crippen molar-refractivity contribution >= 4 is 27.6 Å². The van der Waals surface area contributed by atoms with Crippen molar-refractivity contribution in [2.45, 2.75) is 49.2 Å². The first kappa shape index (κ1) is 20.5. The molecule has 0 radical (unpaired) electrons. The van der Waals surface area contributed by atoms with E-state index in [-0.39, 0.29) is 29.7 Å². The van der Waals surface area contributed by atoms with Gasteiger partial charge in [0.15, 0.2) is 0 Å². The van der Waals surface area contributed by atoms with E-state index < -0.39 is 22.2 Å². The van der Waals surface area contributed by atoms with E-state index in [9.17, 15) is 26.4 Å². The number of alkyl halides is 3. The van der Waals surface area contributed by atoms with Gasteiger partial charge in [-0.2, -0.15) is 17.5 Å². The highest BCUT2D eigenvalue weighted by Gasteiger charge is 2.53. The molecule has 3 aliphatic rings. The molecule has 0 aromatic carbocycles. The van der Waals surface area contributed by atoms with Crippen LogP contribution in [0.25, 0.3) is 0 Å². The summed E-state index contributed by atoms with van der Waals surface area (Å²) in [5.74, 6) is -2.76. The first-order valence-corrected chi connectivity index (χ1v) is 10.1. The number of amides is 1. The molecular weight excluding hydrogens is 403 g/mol. The van der Waals surface area contributed by atoms with Gasteiger partial charge in [0.25, 0.3) is 0 Å². The van der Waals surface area contributed by atoms with Crippen LogP contribution in [-0.4, -0.2) is 64.7 Å². The number of carboxylic acids is 1. The summed E-state index contributed by atoms with van der Waals surface area (Å²) in [6.07, 6.45) is 0.758. The summed E-state index contributed by atoms with van der Waals surface area (Å²) in [6.45, 7) is 0.526. The zero-order valence-electron chi connectivity index (χ0n) is 14.5. The van der Waals surface area contributed by atoms with Crippen LogP contribution in [0.3, 0.4) is 0 Å². The predicted molar refractivity (Wildman–Crippen MR) is 90.9 cm³/mol. The average molecular weight is 421 g/mol. The van der Waals surface area contributed by atoms with Gasteiger partial charge in [-0.1, -0.05) is 0 Å². The Morgan fingerprint density at radius 2 is 1.86 bits per heavy atom. The summed E-state index contributed by atoms with van der Waals surface area (Å²) in [7, 11) is -3.21. The summed E-state index contributed by atoms with van der Waals surface area (Å²) < 4.78 is 58.3. The van der Waals surface area contributed by atoms with E-state index >= 15 is 0 Å². The van der Waals surface area contributed by atoms with Crippen LogP contribution in [0.15, 0.2) is 24.5 Å². The molecular formula is C16H18F3N3O5S. The fourth-order valence-corrected chi connectivity index (χ4v) is 5.58. The van der Waals surface area contributed by atoms with Gasteiger partial charge in [0.2, 0.25) is 15.9 Å². The van der Waals surface area contributed by atoms with E-state index in [1.807, 2.05) is 6.07 Å². The second kappa shape index (κ2) is 7.32. The van der Waals surface area contributed by atoms with Gasteiger partial charge in [-0.15, -0.1) is 0 Å². The standard InChI is InChI=1S/C14H17N3O3S.C2HF3O2/c18-14-8-13-12(17(14)10-2-1-6-15-9-10)5-7-16(13)21(19,20)11-3-4-11;3-2(4,5)1(6)7/h1-2,6,9,11-13H,3-5,7-8H2;(H,6,7)/t12-,13+;/m0./s1. The number of sulfonamides is 1. The number of pyridine rings is 1. The van der Waals surface area contributed by atoms with E-state index in [0.29, 0.717) is 13.0 Å². The molecule has 3 fully saturated rings. The van der Waals surface area contributed by atoms with Crippen molar-refractivity contribution in [3.63, 3.8) is 0 Å². The molecule has 2 aliphatic heterocycles. The monoisotopic (exact) mass is 421 g/mol. The fraction of sp³-hybridized carbons (Fsp3) is 0.562. The molecule has 28 heavy (non-hydrogen) atoms. The van der Waals surface area contributed by atoms with Crippen molar-refractivity contribution in [3.05, 3.63) is 24.5 Å². The first-order valence-electron chi connectivity index (χ1n) is 8.56. The van der Waals surface area contributed by atoms with Crippen LogP contribution >= 0.6 is 0 Å². The molecule has 1 saturated carbocycles. The van der Waals surface area contributed by atoms with Gasteiger partial charge in [-0.25, -0.2) is 13.2 Å². The molecule has 2 atom stereocenters. The smallest absolute Gasteiger partial charge is 0.475 e. The summed E-state index contributed by atoms with van der Waals surface area (Å²) in [5, 5.41) is 6.92. The van der Waals surface area contributed by atoms with Crippen LogP contribution in [0.2, 0.25) is 0 Å². The normalized spacial score (nSPS) is 25.2. The first-order chi connectivity index (χ1) is 13.0. The maximum absolute atomic E-state index is 12.5. The molecule has 8 nitrogen and oxygen atoms in total. The lowest BCUT2D eigenvalue weighted by molar-refractivity contribution is -0.192. The third-order valence-corrected chi connectivity index (χ3v) is 7.30. The molecule has 3 heterocycles. The Morgan fingerprint density at radius 1 is 1.21 bits per heavy atom. The number of fused-ring (bicyclic) bond motifs is 1. The molecule has 1 aliphatic carbocycles. The Bertz CT molecular complexity index is 858. The van der Waals surface area contributed by atoms with Crippen molar-refractivity contribution in [3.8, 4) is 0 Å². The van der Waals surface area contributed by atoms with Gasteiger partial charge in [-0.05, 0) is 31.4 Å². The number of nitrogens with zero attached hydrogens (tertiary/aromatic N) is 3. The number of rotatable bonds is 3. The maximum atomic E-state index is 12.5. The molecule has 1 amide bonds. The van der Waals surface area contributed by atoms with Crippen molar-refractivity contribution in [1.82, 2.24) is 9.29 Å². The number of aliphatic carboxylic acids is 1. The van der Waals surface area contributed by atoms with Gasteiger partial charge in [-0.3, -0.25) is 9.78 Å². The average Bonchev–Trinajstić information content (AvgIpc) is 3.32. The second-order valence-electron chi connectivity index (χ2n) is 6.76. The zero-order chi connectivity index (χ0) is 20.7. The summed E-state index contributed by atoms with van der Waals surface area (Å²) in [4.78, 5) is 27.0. The lowest BCUT2D eigenvalue weighted by atomic mass is 10.1. The highest BCUT2D eigenvalue weighted by atomic mass is 32.2. The topological polar surface area (TPSA) is 108 Å². The zero-order valence-corrected chi connectivity index (χ0v) is 15.4. The lowest BCUT2D eigenvalue weighted by Gasteiger charge is -2.25. The van der Waals surface area contributed by atoms with Gasteiger partial charge < -0.3 is 10.0 Å². The minimum Gasteiger partial charge on any atom is -0.475 e. The fourth-order valence-electron chi connectivity index (χ4n) is 3.52. The molecule has 1 N–H and O–H groups in total. The number of aromatic nitrogens is 1. The lowest BCUT2D eigenvalue weighted by Crippen LogP contribution is -2.41. The Labute approximate surface area is 159 Å². The van der Waals surface area contributed by atoms with Gasteiger partial charge in [0.1, 0.15) is 0 Å². The Morgan fingerprint density at radius 3 is 2.36 bits per heavy atom. The Balaban J connectivity index is 0.000000279. The molecule has 4 rings (SSSR count). The largest absolute Gasteiger partial charge is 0.490 e. The van der Waals surface area contributed by atoms with E-state index in [0.717, 1.165) is 18.5 Å². The molecule has 1 aromatic rings. The van der Waals surface area contributed by atoms with Crippen LogP contribution in [0.4, 0.5) is 18.9 Å². The molecule has 2 saturated heterocycles. The van der Waals surface area contributed by atoms with Crippen molar-refractivity contribution < 1.29 is 36.3 Å². The van der Waals surface area contributed by atoms with E-state index in [2.05, 4.69) is 4.98 Å². The number of carbonyl (C=O) groups excluding carboxylic acids is 1. The number of halogens is 3. The molecule has 1 aromatic heterocycles. The third kappa shape index (κ3) is 3.97. The predicted octanol–water partition coefficient (Wildman–Crippen LogP) is 1.39. The highest BCUT2D eigenvalue weighted by molar-refractivity contribution is 7.90. The molecule has 12 heteroatoms. The number of hydrogen-bond donors (Lipinski definition) is 1. The second-order valence-corrected chi connectivity index (χ2v) is 8.93. The number of carboxylic acid groups (broad SMARTS) is 1. The number of anilines is 1. The molecule has 0 unspecified atom stereocenters. The van der Waals surface area contributed by atoms with Crippen LogP contribution < -0.4 is 4.90 Å². The van der Waals surface area contributed by atoms with E-state index in [1.165, 1.54) is 0 Å². The van der Waals surface area contributed by atoms with E-state index in [4.69, 9.17) is 9.90 Å². The van der Waals surface area contributed by atoms with E-state index in [1.54, 1.807) is 27.7 Å². The molecule has 154 valence electrons. The van der Waals surface area contributed by atoms with Crippen LogP contribution in [0.1, 0.15) is 25.7 Å². The van der Waals surface area contributed by atoms with Gasteiger partial charge in [0, 0.05) is 19.2 Å². The Hall–Kier alpha value is -2.21. The Kier molecular flexibility index (Phi) is 5.36. The highest BCUT2D eigenvalue weighted by Crippen LogP contribution is 2.41. The van der Waals surface area contributed by atoms with Gasteiger partial charge >= 0.3 is 12.1 Å². The van der Waals surface area contributed by atoms with Crippen LogP contribution in [0, 0.1) is 0 Å². The number of hydrogen-bond acceptors (Lipinski definition) is 5. The summed E-state index contributed by atoms with van der Waals surface area (Å²) in [6, 6.07) is 3.40. The van der Waals surface area contributed by atoms with Crippen molar-refractivity contribution in [1.29, 1.82) is 0 Å². The molecule has 0 bridgehead atoms. The minimum absolute atomic E-state index is 0.00584. The van der Waals surface area contributed by atoms with Crippen molar-refractivity contribution in [2.75, 3.05) is 11.4 Å². The number of carbonyl (C=O) groups is 2. The quantitative estimate of drug-likeness (QED) is 0.790. The molecule has 0 spiro atoms.